The number of ether oxygens (including phenoxy) is 2. The molecule has 5 aromatic rings. The minimum Gasteiger partial charge on any atom is -0.497 e. The van der Waals surface area contributed by atoms with E-state index in [1.807, 2.05) is 42.5 Å². The summed E-state index contributed by atoms with van der Waals surface area (Å²) in [4.78, 5) is 22.8. The normalized spacial score (nSPS) is 15.1. The Morgan fingerprint density at radius 2 is 1.79 bits per heavy atom. The van der Waals surface area contributed by atoms with Gasteiger partial charge in [-0.15, -0.1) is 5.10 Å². The molecule has 170 valence electrons. The fourth-order valence-corrected chi connectivity index (χ4v) is 4.38. The lowest BCUT2D eigenvalue weighted by atomic mass is 9.84. The summed E-state index contributed by atoms with van der Waals surface area (Å²) in [5.41, 5.74) is 2.27. The number of para-hydroxylation sites is 1. The smallest absolute Gasteiger partial charge is 0.344 e. The van der Waals surface area contributed by atoms with Crippen LogP contribution >= 0.6 is 0 Å². The Morgan fingerprint density at radius 3 is 2.53 bits per heavy atom. The molecular weight excluding hydrogens is 432 g/mol. The quantitative estimate of drug-likeness (QED) is 0.346. The molecule has 2 aromatic carbocycles. The van der Waals surface area contributed by atoms with Crippen LogP contribution in [0, 0.1) is 0 Å². The van der Waals surface area contributed by atoms with E-state index in [4.69, 9.17) is 18.9 Å². The average Bonchev–Trinajstić information content (AvgIpc) is 3.28. The number of methoxy groups -OCH3 is 1. The molecule has 8 heteroatoms. The van der Waals surface area contributed by atoms with Gasteiger partial charge in [-0.2, -0.15) is 0 Å². The highest BCUT2D eigenvalue weighted by atomic mass is 16.5. The minimum absolute atomic E-state index is 0.267. The molecule has 0 N–H and O–H groups in total. The molecule has 34 heavy (non-hydrogen) atoms. The van der Waals surface area contributed by atoms with E-state index < -0.39 is 11.5 Å². The van der Waals surface area contributed by atoms with Crippen molar-refractivity contribution in [3.05, 3.63) is 87.8 Å². The van der Waals surface area contributed by atoms with E-state index in [0.717, 1.165) is 11.3 Å². The highest BCUT2D eigenvalue weighted by Gasteiger charge is 2.38. The number of benzene rings is 2. The van der Waals surface area contributed by atoms with Crippen molar-refractivity contribution >= 4 is 16.6 Å². The Bertz CT molecular complexity index is 1630. The van der Waals surface area contributed by atoms with Gasteiger partial charge in [0.15, 0.2) is 17.2 Å². The van der Waals surface area contributed by atoms with Gasteiger partial charge in [-0.1, -0.05) is 45.0 Å². The predicted molar refractivity (Wildman–Crippen MR) is 126 cm³/mol. The molecule has 6 rings (SSSR count). The molecule has 0 amide bonds. The zero-order valence-electron chi connectivity index (χ0n) is 19.2. The molecule has 1 aliphatic heterocycles. The van der Waals surface area contributed by atoms with Crippen LogP contribution < -0.4 is 15.1 Å². The van der Waals surface area contributed by atoms with E-state index in [0.29, 0.717) is 45.2 Å². The highest BCUT2D eigenvalue weighted by Crippen LogP contribution is 2.48. The SMILES string of the molecule is COc1ccc(C2c3c(c4ccccc4oc3=O)Oc3ncn4nc(C(C)(C)C)nc4c32)cc1. The molecule has 0 spiro atoms. The Kier molecular flexibility index (Phi) is 4.29. The Morgan fingerprint density at radius 1 is 1.03 bits per heavy atom. The van der Waals surface area contributed by atoms with E-state index in [1.54, 1.807) is 24.0 Å². The fraction of sp³-hybridized carbons (Fsp3) is 0.231. The summed E-state index contributed by atoms with van der Waals surface area (Å²) in [7, 11) is 1.62. The van der Waals surface area contributed by atoms with Gasteiger partial charge in [-0.25, -0.2) is 19.3 Å². The first-order valence-electron chi connectivity index (χ1n) is 11.0. The molecule has 1 aliphatic rings. The van der Waals surface area contributed by atoms with Gasteiger partial charge < -0.3 is 13.9 Å². The molecular formula is C26H22N4O4. The maximum absolute atomic E-state index is 13.4. The van der Waals surface area contributed by atoms with Crippen LogP contribution in [-0.2, 0) is 5.41 Å². The third-order valence-corrected chi connectivity index (χ3v) is 6.08. The number of aromatic nitrogens is 4. The Hall–Kier alpha value is -4.20. The van der Waals surface area contributed by atoms with Crippen LogP contribution in [0.2, 0.25) is 0 Å². The molecule has 0 saturated carbocycles. The van der Waals surface area contributed by atoms with Gasteiger partial charge in [0, 0.05) is 5.41 Å². The van der Waals surface area contributed by atoms with Gasteiger partial charge in [0.25, 0.3) is 0 Å². The number of rotatable bonds is 2. The van der Waals surface area contributed by atoms with Crippen LogP contribution in [0.5, 0.6) is 17.4 Å². The van der Waals surface area contributed by atoms with E-state index in [1.165, 1.54) is 0 Å². The molecule has 4 heterocycles. The second-order valence-corrected chi connectivity index (χ2v) is 9.35. The first kappa shape index (κ1) is 20.4. The molecule has 0 fully saturated rings. The average molecular weight is 454 g/mol. The first-order chi connectivity index (χ1) is 16.3. The van der Waals surface area contributed by atoms with Crippen LogP contribution in [0.25, 0.3) is 16.6 Å². The maximum Gasteiger partial charge on any atom is 0.344 e. The van der Waals surface area contributed by atoms with Crippen LogP contribution in [0.3, 0.4) is 0 Å². The van der Waals surface area contributed by atoms with Gasteiger partial charge in [-0.05, 0) is 29.8 Å². The van der Waals surface area contributed by atoms with Crippen molar-refractivity contribution in [3.8, 4) is 17.4 Å². The van der Waals surface area contributed by atoms with Crippen LogP contribution in [0.15, 0.2) is 64.1 Å². The van der Waals surface area contributed by atoms with Crippen LogP contribution in [0.4, 0.5) is 0 Å². The zero-order chi connectivity index (χ0) is 23.6. The predicted octanol–water partition coefficient (Wildman–Crippen LogP) is 4.82. The highest BCUT2D eigenvalue weighted by molar-refractivity contribution is 5.86. The van der Waals surface area contributed by atoms with E-state index in [9.17, 15) is 4.79 Å². The van der Waals surface area contributed by atoms with Crippen molar-refractivity contribution in [1.82, 2.24) is 19.6 Å². The summed E-state index contributed by atoms with van der Waals surface area (Å²) in [5, 5.41) is 5.35. The summed E-state index contributed by atoms with van der Waals surface area (Å²) in [6.07, 6.45) is 1.60. The number of hydrogen-bond donors (Lipinski definition) is 0. The third kappa shape index (κ3) is 2.98. The van der Waals surface area contributed by atoms with Gasteiger partial charge in [-0.3, -0.25) is 0 Å². The number of nitrogens with zero attached hydrogens (tertiary/aromatic N) is 4. The zero-order valence-corrected chi connectivity index (χ0v) is 19.2. The van der Waals surface area contributed by atoms with Crippen molar-refractivity contribution in [2.45, 2.75) is 32.1 Å². The molecule has 0 bridgehead atoms. The monoisotopic (exact) mass is 454 g/mol. The summed E-state index contributed by atoms with van der Waals surface area (Å²) < 4.78 is 19.0. The lowest BCUT2D eigenvalue weighted by molar-refractivity contribution is 0.414. The summed E-state index contributed by atoms with van der Waals surface area (Å²) >= 11 is 0. The van der Waals surface area contributed by atoms with Crippen molar-refractivity contribution in [1.29, 1.82) is 0 Å². The maximum atomic E-state index is 13.4. The molecule has 0 aliphatic carbocycles. The van der Waals surface area contributed by atoms with Crippen molar-refractivity contribution in [2.75, 3.05) is 7.11 Å². The standard InChI is InChI=1S/C26H22N4O4/c1-26(2,3)25-28-22-20-18(14-9-11-15(32-4)12-10-14)19-21(34-23(20)27-13-30(22)29-25)16-7-5-6-8-17(16)33-24(19)31/h5-13,18H,1-4H3. The van der Waals surface area contributed by atoms with E-state index in [2.05, 4.69) is 30.9 Å². The molecule has 3 aromatic heterocycles. The first-order valence-corrected chi connectivity index (χ1v) is 11.0. The summed E-state index contributed by atoms with van der Waals surface area (Å²) in [5.74, 6) is 1.72. The molecule has 0 saturated heterocycles. The Labute approximate surface area is 194 Å². The van der Waals surface area contributed by atoms with Crippen LogP contribution in [-0.4, -0.2) is 26.7 Å². The summed E-state index contributed by atoms with van der Waals surface area (Å²) in [6, 6.07) is 14.9. The largest absolute Gasteiger partial charge is 0.497 e. The topological polar surface area (TPSA) is 91.8 Å². The summed E-state index contributed by atoms with van der Waals surface area (Å²) in [6.45, 7) is 6.15. The van der Waals surface area contributed by atoms with E-state index >= 15 is 0 Å². The second kappa shape index (κ2) is 7.15. The van der Waals surface area contributed by atoms with Gasteiger partial charge in [0.05, 0.1) is 29.5 Å². The fourth-order valence-electron chi connectivity index (χ4n) is 4.38. The third-order valence-electron chi connectivity index (χ3n) is 6.08. The van der Waals surface area contributed by atoms with Gasteiger partial charge in [0.2, 0.25) is 5.88 Å². The Balaban J connectivity index is 1.70. The van der Waals surface area contributed by atoms with Crippen LogP contribution in [0.1, 0.15) is 49.2 Å². The molecule has 1 atom stereocenters. The second-order valence-electron chi connectivity index (χ2n) is 9.35. The van der Waals surface area contributed by atoms with Gasteiger partial charge >= 0.3 is 5.63 Å². The number of fused-ring (bicyclic) bond motifs is 6. The minimum atomic E-state index is -0.515. The van der Waals surface area contributed by atoms with Crippen molar-refractivity contribution in [3.63, 3.8) is 0 Å². The lowest BCUT2D eigenvalue weighted by Gasteiger charge is -2.27. The molecule has 1 unspecified atom stereocenters. The number of hydrogen-bond acceptors (Lipinski definition) is 7. The molecule has 8 nitrogen and oxygen atoms in total. The lowest BCUT2D eigenvalue weighted by Crippen LogP contribution is -2.22. The van der Waals surface area contributed by atoms with E-state index in [-0.39, 0.29) is 5.41 Å². The van der Waals surface area contributed by atoms with Crippen molar-refractivity contribution < 1.29 is 13.9 Å². The van der Waals surface area contributed by atoms with Crippen molar-refractivity contribution in [2.24, 2.45) is 0 Å². The van der Waals surface area contributed by atoms with Gasteiger partial charge in [0.1, 0.15) is 17.7 Å². The molecule has 0 radical (unpaired) electrons.